The predicted molar refractivity (Wildman–Crippen MR) is 160 cm³/mol. The molecular formula is C34H33FN4O2. The van der Waals surface area contributed by atoms with Gasteiger partial charge in [0.1, 0.15) is 17.2 Å². The number of amides is 1. The second-order valence-electron chi connectivity index (χ2n) is 10.5. The number of aryl methyl sites for hydroxylation is 1. The number of carbonyl (C=O) groups excluding carboxylic acids is 1. The number of carbonyl (C=O) groups is 1. The highest BCUT2D eigenvalue weighted by Gasteiger charge is 2.24. The summed E-state index contributed by atoms with van der Waals surface area (Å²) in [5, 5.41) is 0. The van der Waals surface area contributed by atoms with E-state index in [1.807, 2.05) is 67.3 Å². The fraction of sp³-hybridized carbons (Fsp3) is 0.235. The lowest BCUT2D eigenvalue weighted by atomic mass is 10.1. The highest BCUT2D eigenvalue weighted by molar-refractivity contribution is 5.94. The van der Waals surface area contributed by atoms with Crippen molar-refractivity contribution in [1.29, 1.82) is 0 Å². The standard InChI is InChI=1S/C34H33FN4O2/c1-3-41-30-6-4-5-27(21-30)28-13-16-32-36-33(25-11-14-29(35)15-12-25)31(39(32)22-28)23-37-17-19-38(20-18-37)34(40)26-9-7-24(2)8-10-26/h4-16,21-22H,3,17-20,23H2,1-2H3. The molecule has 0 radical (unpaired) electrons. The number of nitrogens with zero attached hydrogens (tertiary/aromatic N) is 4. The summed E-state index contributed by atoms with van der Waals surface area (Å²) in [6.45, 7) is 8.09. The average molecular weight is 549 g/mol. The number of benzene rings is 3. The van der Waals surface area contributed by atoms with E-state index in [1.165, 1.54) is 12.1 Å². The second kappa shape index (κ2) is 11.6. The van der Waals surface area contributed by atoms with Crippen LogP contribution in [0, 0.1) is 12.7 Å². The van der Waals surface area contributed by atoms with Crippen molar-refractivity contribution < 1.29 is 13.9 Å². The zero-order valence-electron chi connectivity index (χ0n) is 23.4. The van der Waals surface area contributed by atoms with Crippen LogP contribution in [0.4, 0.5) is 4.39 Å². The fourth-order valence-electron chi connectivity index (χ4n) is 5.39. The zero-order valence-corrected chi connectivity index (χ0v) is 23.4. The molecule has 6 nitrogen and oxygen atoms in total. The summed E-state index contributed by atoms with van der Waals surface area (Å²) >= 11 is 0. The van der Waals surface area contributed by atoms with E-state index in [4.69, 9.17) is 9.72 Å². The van der Waals surface area contributed by atoms with Gasteiger partial charge in [0.15, 0.2) is 0 Å². The summed E-state index contributed by atoms with van der Waals surface area (Å²) in [7, 11) is 0. The Labute approximate surface area is 239 Å². The van der Waals surface area contributed by atoms with Crippen LogP contribution >= 0.6 is 0 Å². The number of hydrogen-bond acceptors (Lipinski definition) is 4. The van der Waals surface area contributed by atoms with E-state index in [9.17, 15) is 9.18 Å². The van der Waals surface area contributed by atoms with Gasteiger partial charge in [-0.2, -0.15) is 0 Å². The molecule has 7 heteroatoms. The van der Waals surface area contributed by atoms with Crippen molar-refractivity contribution in [2.75, 3.05) is 32.8 Å². The summed E-state index contributed by atoms with van der Waals surface area (Å²) in [5.74, 6) is 0.635. The number of pyridine rings is 1. The third kappa shape index (κ3) is 5.72. The van der Waals surface area contributed by atoms with Gasteiger partial charge in [-0.3, -0.25) is 9.69 Å². The van der Waals surface area contributed by atoms with Crippen LogP contribution < -0.4 is 4.74 Å². The summed E-state index contributed by atoms with van der Waals surface area (Å²) in [6.07, 6.45) is 2.12. The molecule has 41 heavy (non-hydrogen) atoms. The molecule has 0 atom stereocenters. The van der Waals surface area contributed by atoms with Crippen LogP contribution in [-0.2, 0) is 6.54 Å². The van der Waals surface area contributed by atoms with Crippen molar-refractivity contribution in [1.82, 2.24) is 19.2 Å². The van der Waals surface area contributed by atoms with Crippen LogP contribution in [0.25, 0.3) is 28.0 Å². The Morgan fingerprint density at radius 1 is 0.878 bits per heavy atom. The van der Waals surface area contributed by atoms with Crippen molar-refractivity contribution in [3.05, 3.63) is 114 Å². The summed E-state index contributed by atoms with van der Waals surface area (Å²) in [5.41, 5.74) is 7.55. The third-order valence-corrected chi connectivity index (χ3v) is 7.64. The van der Waals surface area contributed by atoms with E-state index >= 15 is 0 Å². The van der Waals surface area contributed by atoms with Crippen molar-refractivity contribution in [2.24, 2.45) is 0 Å². The molecule has 0 bridgehead atoms. The van der Waals surface area contributed by atoms with Gasteiger partial charge in [-0.15, -0.1) is 0 Å². The Morgan fingerprint density at radius 3 is 2.34 bits per heavy atom. The Hall–Kier alpha value is -4.49. The van der Waals surface area contributed by atoms with Crippen LogP contribution in [0.5, 0.6) is 5.75 Å². The third-order valence-electron chi connectivity index (χ3n) is 7.64. The van der Waals surface area contributed by atoms with E-state index in [0.29, 0.717) is 26.2 Å². The Morgan fingerprint density at radius 2 is 1.61 bits per heavy atom. The van der Waals surface area contributed by atoms with E-state index in [1.54, 1.807) is 12.1 Å². The minimum Gasteiger partial charge on any atom is -0.494 e. The number of fused-ring (bicyclic) bond motifs is 1. The number of halogens is 1. The number of rotatable bonds is 7. The Bertz CT molecular complexity index is 1670. The molecule has 0 unspecified atom stereocenters. The first-order valence-electron chi connectivity index (χ1n) is 14.1. The first-order chi connectivity index (χ1) is 20.0. The lowest BCUT2D eigenvalue weighted by molar-refractivity contribution is 0.0627. The number of ether oxygens (including phenoxy) is 1. The van der Waals surface area contributed by atoms with E-state index < -0.39 is 0 Å². The number of aromatic nitrogens is 2. The molecule has 0 saturated carbocycles. The lowest BCUT2D eigenvalue weighted by Crippen LogP contribution is -2.48. The smallest absolute Gasteiger partial charge is 0.253 e. The Balaban J connectivity index is 1.30. The topological polar surface area (TPSA) is 50.1 Å². The summed E-state index contributed by atoms with van der Waals surface area (Å²) in [6, 6.07) is 26.5. The van der Waals surface area contributed by atoms with Gasteiger partial charge < -0.3 is 14.0 Å². The molecule has 0 N–H and O–H groups in total. The van der Waals surface area contributed by atoms with E-state index in [-0.39, 0.29) is 11.7 Å². The van der Waals surface area contributed by atoms with Crippen LogP contribution in [0.15, 0.2) is 91.1 Å². The van der Waals surface area contributed by atoms with Gasteiger partial charge in [-0.25, -0.2) is 9.37 Å². The molecule has 208 valence electrons. The minimum absolute atomic E-state index is 0.0744. The van der Waals surface area contributed by atoms with Gasteiger partial charge in [0.2, 0.25) is 0 Å². The number of imidazole rings is 1. The molecule has 1 aliphatic heterocycles. The summed E-state index contributed by atoms with van der Waals surface area (Å²) in [4.78, 5) is 22.3. The first-order valence-corrected chi connectivity index (χ1v) is 14.1. The molecule has 1 amide bonds. The minimum atomic E-state index is -0.273. The first kappa shape index (κ1) is 26.7. The quantitative estimate of drug-likeness (QED) is 0.234. The Kier molecular flexibility index (Phi) is 7.53. The normalized spacial score (nSPS) is 14.0. The highest BCUT2D eigenvalue weighted by Crippen LogP contribution is 2.30. The van der Waals surface area contributed by atoms with Crippen LogP contribution in [0.3, 0.4) is 0 Å². The van der Waals surface area contributed by atoms with Gasteiger partial charge in [-0.1, -0.05) is 29.8 Å². The van der Waals surface area contributed by atoms with Gasteiger partial charge >= 0.3 is 0 Å². The van der Waals surface area contributed by atoms with Crippen LogP contribution in [0.2, 0.25) is 0 Å². The fourth-order valence-corrected chi connectivity index (χ4v) is 5.39. The monoisotopic (exact) mass is 548 g/mol. The molecule has 5 aromatic rings. The zero-order chi connectivity index (χ0) is 28.3. The molecule has 1 aliphatic rings. The molecule has 0 aliphatic carbocycles. The molecule has 2 aromatic heterocycles. The molecule has 1 saturated heterocycles. The van der Waals surface area contributed by atoms with Gasteiger partial charge in [-0.05, 0) is 85.6 Å². The number of piperazine rings is 1. The SMILES string of the molecule is CCOc1cccc(-c2ccc3nc(-c4ccc(F)cc4)c(CN4CCN(C(=O)c5ccc(C)cc5)CC4)n3c2)c1. The lowest BCUT2D eigenvalue weighted by Gasteiger charge is -2.34. The van der Waals surface area contributed by atoms with Crippen molar-refractivity contribution in [3.8, 4) is 28.1 Å². The van der Waals surface area contributed by atoms with Gasteiger partial charge in [0, 0.05) is 50.0 Å². The van der Waals surface area contributed by atoms with Crippen molar-refractivity contribution >= 4 is 11.6 Å². The molecule has 1 fully saturated rings. The van der Waals surface area contributed by atoms with Crippen molar-refractivity contribution in [2.45, 2.75) is 20.4 Å². The van der Waals surface area contributed by atoms with Crippen LogP contribution in [0.1, 0.15) is 28.5 Å². The largest absolute Gasteiger partial charge is 0.494 e. The maximum absolute atomic E-state index is 13.8. The van der Waals surface area contributed by atoms with E-state index in [2.05, 4.69) is 27.6 Å². The molecule has 3 aromatic carbocycles. The predicted octanol–water partition coefficient (Wildman–Crippen LogP) is 6.47. The molecule has 6 rings (SSSR count). The highest BCUT2D eigenvalue weighted by atomic mass is 19.1. The van der Waals surface area contributed by atoms with Gasteiger partial charge in [0.25, 0.3) is 5.91 Å². The maximum atomic E-state index is 13.8. The number of hydrogen-bond donors (Lipinski definition) is 0. The van der Waals surface area contributed by atoms with Crippen LogP contribution in [-0.4, -0.2) is 57.9 Å². The molecule has 0 spiro atoms. The van der Waals surface area contributed by atoms with Gasteiger partial charge in [0.05, 0.1) is 18.0 Å². The maximum Gasteiger partial charge on any atom is 0.253 e. The second-order valence-corrected chi connectivity index (χ2v) is 10.5. The average Bonchev–Trinajstić information content (AvgIpc) is 3.35. The van der Waals surface area contributed by atoms with Crippen molar-refractivity contribution in [3.63, 3.8) is 0 Å². The summed E-state index contributed by atoms with van der Waals surface area (Å²) < 4.78 is 21.6. The molecular weight excluding hydrogens is 515 g/mol. The van der Waals surface area contributed by atoms with E-state index in [0.717, 1.165) is 63.7 Å². The molecule has 3 heterocycles.